The first-order valence-electron chi connectivity index (χ1n) is 6.67. The quantitative estimate of drug-likeness (QED) is 0.827. The van der Waals surface area contributed by atoms with Crippen molar-refractivity contribution in [1.82, 2.24) is 9.80 Å². The Balaban J connectivity index is 2.89. The van der Waals surface area contributed by atoms with E-state index in [1.54, 1.807) is 25.5 Å². The first-order chi connectivity index (χ1) is 10.0. The molecule has 114 valence electrons. The third-order valence-electron chi connectivity index (χ3n) is 2.81. The third kappa shape index (κ3) is 4.88. The van der Waals surface area contributed by atoms with Crippen molar-refractivity contribution in [3.05, 3.63) is 21.9 Å². The summed E-state index contributed by atoms with van der Waals surface area (Å²) in [4.78, 5) is 27.8. The van der Waals surface area contributed by atoms with Crippen molar-refractivity contribution in [3.8, 4) is 11.8 Å². The Morgan fingerprint density at radius 1 is 1.38 bits per heavy atom. The van der Waals surface area contributed by atoms with Gasteiger partial charge < -0.3 is 14.9 Å². The maximum absolute atomic E-state index is 12.5. The zero-order valence-corrected chi connectivity index (χ0v) is 13.4. The van der Waals surface area contributed by atoms with Crippen LogP contribution >= 0.6 is 11.3 Å². The number of hydrogen-bond donors (Lipinski definition) is 1. The molecule has 1 heterocycles. The van der Waals surface area contributed by atoms with Crippen molar-refractivity contribution in [2.24, 2.45) is 0 Å². The van der Waals surface area contributed by atoms with E-state index in [2.05, 4.69) is 11.8 Å². The average Bonchev–Trinajstić information content (AvgIpc) is 2.92. The molecule has 1 aromatic heterocycles. The van der Waals surface area contributed by atoms with E-state index < -0.39 is 0 Å². The second-order valence-electron chi connectivity index (χ2n) is 4.55. The van der Waals surface area contributed by atoms with Crippen LogP contribution in [0.1, 0.15) is 28.6 Å². The van der Waals surface area contributed by atoms with E-state index in [9.17, 15) is 9.59 Å². The normalized spacial score (nSPS) is 9.71. The van der Waals surface area contributed by atoms with Gasteiger partial charge in [-0.05, 0) is 18.4 Å². The monoisotopic (exact) mass is 308 g/mol. The van der Waals surface area contributed by atoms with Crippen LogP contribution in [0.15, 0.2) is 11.4 Å². The van der Waals surface area contributed by atoms with Gasteiger partial charge in [0.2, 0.25) is 5.91 Å². The van der Waals surface area contributed by atoms with Crippen molar-refractivity contribution in [3.63, 3.8) is 0 Å². The molecule has 1 aromatic rings. The van der Waals surface area contributed by atoms with Crippen LogP contribution in [0.25, 0.3) is 0 Å². The van der Waals surface area contributed by atoms with E-state index in [4.69, 9.17) is 5.11 Å². The predicted octanol–water partition coefficient (Wildman–Crippen LogP) is 1.03. The van der Waals surface area contributed by atoms with Crippen LogP contribution in [-0.2, 0) is 4.79 Å². The summed E-state index contributed by atoms with van der Waals surface area (Å²) in [6.45, 7) is 2.36. The van der Waals surface area contributed by atoms with Crippen molar-refractivity contribution in [1.29, 1.82) is 0 Å². The maximum Gasteiger partial charge on any atom is 0.265 e. The lowest BCUT2D eigenvalue weighted by Crippen LogP contribution is -2.40. The minimum absolute atomic E-state index is 0.00115. The van der Waals surface area contributed by atoms with E-state index in [1.165, 1.54) is 21.1 Å². The summed E-state index contributed by atoms with van der Waals surface area (Å²) in [7, 11) is 3.33. The highest BCUT2D eigenvalue weighted by molar-refractivity contribution is 7.12. The Bertz CT molecular complexity index is 555. The van der Waals surface area contributed by atoms with Crippen LogP contribution in [0, 0.1) is 11.8 Å². The molecule has 1 N–H and O–H groups in total. The molecule has 21 heavy (non-hydrogen) atoms. The van der Waals surface area contributed by atoms with Crippen LogP contribution in [0.3, 0.4) is 0 Å². The van der Waals surface area contributed by atoms with E-state index in [-0.39, 0.29) is 25.0 Å². The minimum Gasteiger partial charge on any atom is -0.395 e. The summed E-state index contributed by atoms with van der Waals surface area (Å²) < 4.78 is 0. The van der Waals surface area contributed by atoms with Gasteiger partial charge in [-0.15, -0.1) is 11.3 Å². The summed E-state index contributed by atoms with van der Waals surface area (Å²) >= 11 is 1.31. The fraction of sp³-hybridized carbons (Fsp3) is 0.467. The van der Waals surface area contributed by atoms with Gasteiger partial charge in [-0.1, -0.05) is 11.8 Å². The van der Waals surface area contributed by atoms with Crippen LogP contribution in [0.4, 0.5) is 0 Å². The molecule has 0 aliphatic heterocycles. The number of likely N-dealkylation sites (N-methyl/N-ethyl adjacent to an activating group) is 2. The fourth-order valence-electron chi connectivity index (χ4n) is 1.56. The number of hydrogen-bond acceptors (Lipinski definition) is 4. The summed E-state index contributed by atoms with van der Waals surface area (Å²) in [6.07, 6.45) is 0.375. The Kier molecular flexibility index (Phi) is 6.92. The van der Waals surface area contributed by atoms with Gasteiger partial charge >= 0.3 is 0 Å². The summed E-state index contributed by atoms with van der Waals surface area (Å²) in [5.41, 5.74) is 0.647. The van der Waals surface area contributed by atoms with Crippen molar-refractivity contribution >= 4 is 23.2 Å². The lowest BCUT2D eigenvalue weighted by Gasteiger charge is -2.21. The Labute approximate surface area is 129 Å². The molecule has 0 unspecified atom stereocenters. The van der Waals surface area contributed by atoms with Gasteiger partial charge in [0, 0.05) is 32.6 Å². The number of aliphatic hydroxyl groups is 1. The molecule has 0 aromatic carbocycles. The minimum atomic E-state index is -0.184. The number of carbonyl (C=O) groups excluding carboxylic acids is 2. The lowest BCUT2D eigenvalue weighted by molar-refractivity contribution is -0.129. The van der Waals surface area contributed by atoms with Gasteiger partial charge in [-0.2, -0.15) is 0 Å². The van der Waals surface area contributed by atoms with Gasteiger partial charge in [0.1, 0.15) is 11.4 Å². The van der Waals surface area contributed by atoms with E-state index in [1.807, 2.05) is 6.92 Å². The smallest absolute Gasteiger partial charge is 0.265 e. The molecule has 0 fully saturated rings. The lowest BCUT2D eigenvalue weighted by atomic mass is 10.2. The number of nitrogens with zero attached hydrogens (tertiary/aromatic N) is 2. The zero-order valence-electron chi connectivity index (χ0n) is 12.5. The third-order valence-corrected chi connectivity index (χ3v) is 3.72. The average molecular weight is 308 g/mol. The predicted molar refractivity (Wildman–Crippen MR) is 83.2 cm³/mol. The summed E-state index contributed by atoms with van der Waals surface area (Å²) in [6, 6.07) is 1.78. The maximum atomic E-state index is 12.5. The molecule has 5 nitrogen and oxygen atoms in total. The van der Waals surface area contributed by atoms with Gasteiger partial charge in [-0.25, -0.2) is 0 Å². The SMILES string of the molecule is CCN(CC(=O)N(C)C)C(=O)c1sccc1C#CCCO. The van der Waals surface area contributed by atoms with E-state index >= 15 is 0 Å². The van der Waals surface area contributed by atoms with Crippen LogP contribution in [0.5, 0.6) is 0 Å². The highest BCUT2D eigenvalue weighted by Gasteiger charge is 2.21. The molecule has 0 saturated carbocycles. The molecule has 2 amide bonds. The molecule has 6 heteroatoms. The summed E-state index contributed by atoms with van der Waals surface area (Å²) in [5, 5.41) is 10.5. The number of carbonyl (C=O) groups is 2. The molecule has 0 bridgehead atoms. The standard InChI is InChI=1S/C15H20N2O3S/c1-4-17(11-13(19)16(2)3)15(20)14-12(8-10-21-14)7-5-6-9-18/h8,10,18H,4,6,9,11H2,1-3H3. The van der Waals surface area contributed by atoms with Crippen molar-refractivity contribution in [2.75, 3.05) is 33.8 Å². The largest absolute Gasteiger partial charge is 0.395 e. The van der Waals surface area contributed by atoms with Crippen molar-refractivity contribution in [2.45, 2.75) is 13.3 Å². The first-order valence-corrected chi connectivity index (χ1v) is 7.55. The molecular formula is C15H20N2O3S. The Morgan fingerprint density at radius 3 is 2.67 bits per heavy atom. The molecule has 0 spiro atoms. The first kappa shape index (κ1) is 17.2. The molecule has 1 rings (SSSR count). The zero-order chi connectivity index (χ0) is 15.8. The molecule has 0 atom stereocenters. The molecule has 0 radical (unpaired) electrons. The van der Waals surface area contributed by atoms with E-state index in [0.29, 0.717) is 23.4 Å². The molecular weight excluding hydrogens is 288 g/mol. The second kappa shape index (κ2) is 8.45. The molecule has 0 aliphatic rings. The van der Waals surface area contributed by atoms with Crippen LogP contribution in [0.2, 0.25) is 0 Å². The topological polar surface area (TPSA) is 60.9 Å². The highest BCUT2D eigenvalue weighted by Crippen LogP contribution is 2.18. The number of thiophene rings is 1. The van der Waals surface area contributed by atoms with Crippen LogP contribution < -0.4 is 0 Å². The fourth-order valence-corrected chi connectivity index (χ4v) is 2.38. The van der Waals surface area contributed by atoms with Crippen molar-refractivity contribution < 1.29 is 14.7 Å². The molecule has 0 aliphatic carbocycles. The number of rotatable bonds is 5. The number of aliphatic hydroxyl groups excluding tert-OH is 1. The van der Waals surface area contributed by atoms with Gasteiger partial charge in [0.25, 0.3) is 5.91 Å². The summed E-state index contributed by atoms with van der Waals surface area (Å²) in [5.74, 6) is 5.40. The Hall–Kier alpha value is -1.84. The number of amides is 2. The second-order valence-corrected chi connectivity index (χ2v) is 5.46. The van der Waals surface area contributed by atoms with Gasteiger partial charge in [0.05, 0.1) is 6.61 Å². The molecule has 0 saturated heterocycles. The Morgan fingerprint density at radius 2 is 2.10 bits per heavy atom. The van der Waals surface area contributed by atoms with Gasteiger partial charge in [0.15, 0.2) is 0 Å². The van der Waals surface area contributed by atoms with E-state index in [0.717, 1.165) is 0 Å². The highest BCUT2D eigenvalue weighted by atomic mass is 32.1. The van der Waals surface area contributed by atoms with Gasteiger partial charge in [-0.3, -0.25) is 9.59 Å². The van der Waals surface area contributed by atoms with Crippen LogP contribution in [-0.4, -0.2) is 60.5 Å².